The summed E-state index contributed by atoms with van der Waals surface area (Å²) in [4.78, 5) is 0. The molecule has 11 heavy (non-hydrogen) atoms. The highest BCUT2D eigenvalue weighted by Crippen LogP contribution is 2.01. The summed E-state index contributed by atoms with van der Waals surface area (Å²) in [6, 6.07) is 10.4. The van der Waals surface area contributed by atoms with Crippen LogP contribution in [-0.2, 0) is 6.42 Å². The van der Waals surface area contributed by atoms with Gasteiger partial charge < -0.3 is 0 Å². The van der Waals surface area contributed by atoms with E-state index in [1.54, 1.807) is 0 Å². The maximum Gasteiger partial charge on any atom is -0.0234 e. The van der Waals surface area contributed by atoms with Crippen molar-refractivity contribution in [2.24, 2.45) is 0 Å². The van der Waals surface area contributed by atoms with E-state index in [2.05, 4.69) is 36.6 Å². The largest absolute Gasteiger partial charge is 0.133 e. The second-order valence-electron chi connectivity index (χ2n) is 2.43. The van der Waals surface area contributed by atoms with Gasteiger partial charge in [-0.15, -0.1) is 5.73 Å². The molecule has 0 atom stereocenters. The normalized spacial score (nSPS) is 8.73. The summed E-state index contributed by atoms with van der Waals surface area (Å²) in [7, 11) is 0. The fourth-order valence-electron chi connectivity index (χ4n) is 0.986. The number of hydrogen-bond donors (Lipinski definition) is 0. The van der Waals surface area contributed by atoms with E-state index in [9.17, 15) is 0 Å². The van der Waals surface area contributed by atoms with Gasteiger partial charge >= 0.3 is 0 Å². The van der Waals surface area contributed by atoms with Crippen molar-refractivity contribution in [3.05, 3.63) is 54.3 Å². The van der Waals surface area contributed by atoms with Crippen molar-refractivity contribution < 1.29 is 0 Å². The molecule has 0 heteroatoms. The van der Waals surface area contributed by atoms with E-state index in [4.69, 9.17) is 0 Å². The molecule has 0 fully saturated rings. The summed E-state index contributed by atoms with van der Waals surface area (Å²) in [5.41, 5.74) is 4.14. The van der Waals surface area contributed by atoms with Gasteiger partial charge in [0.05, 0.1) is 0 Å². The minimum atomic E-state index is 1.04. The molecule has 0 heterocycles. The number of benzene rings is 1. The molecule has 0 aromatic heterocycles. The maximum absolute atomic E-state index is 3.51. The van der Waals surface area contributed by atoms with Gasteiger partial charge in [-0.1, -0.05) is 36.9 Å². The van der Waals surface area contributed by atoms with E-state index in [1.807, 2.05) is 12.1 Å². The van der Waals surface area contributed by atoms with E-state index >= 15 is 0 Å². The molecular weight excluding hydrogens is 132 g/mol. The van der Waals surface area contributed by atoms with E-state index in [1.165, 1.54) is 5.56 Å². The van der Waals surface area contributed by atoms with Gasteiger partial charge in [0.1, 0.15) is 0 Å². The van der Waals surface area contributed by atoms with Crippen LogP contribution in [0.2, 0.25) is 0 Å². The Labute approximate surface area is 67.9 Å². The zero-order valence-corrected chi connectivity index (χ0v) is 6.59. The molecule has 0 bridgehead atoms. The first-order valence-electron chi connectivity index (χ1n) is 3.81. The molecule has 0 saturated heterocycles. The van der Waals surface area contributed by atoms with Gasteiger partial charge in [0.15, 0.2) is 0 Å². The van der Waals surface area contributed by atoms with Crippen molar-refractivity contribution >= 4 is 0 Å². The summed E-state index contributed by atoms with van der Waals surface area (Å²) in [6.45, 7) is 3.51. The average Bonchev–Trinajstić information content (AvgIpc) is 2.07. The lowest BCUT2D eigenvalue weighted by atomic mass is 10.1. The molecule has 0 N–H and O–H groups in total. The van der Waals surface area contributed by atoms with Gasteiger partial charge in [0, 0.05) is 0 Å². The van der Waals surface area contributed by atoms with Crippen molar-refractivity contribution in [2.75, 3.05) is 0 Å². The molecule has 0 aliphatic heterocycles. The monoisotopic (exact) mass is 144 g/mol. The quantitative estimate of drug-likeness (QED) is 0.572. The van der Waals surface area contributed by atoms with Gasteiger partial charge in [-0.05, 0) is 24.5 Å². The molecule has 0 amide bonds. The first-order valence-corrected chi connectivity index (χ1v) is 3.81. The third-order valence-corrected chi connectivity index (χ3v) is 1.56. The lowest BCUT2D eigenvalue weighted by Gasteiger charge is -1.94. The van der Waals surface area contributed by atoms with Gasteiger partial charge in [-0.2, -0.15) is 0 Å². The Kier molecular flexibility index (Phi) is 3.24. The molecule has 0 aliphatic carbocycles. The van der Waals surface area contributed by atoms with Crippen molar-refractivity contribution in [3.8, 4) is 0 Å². The highest BCUT2D eigenvalue weighted by Gasteiger charge is 1.86. The SMILES string of the molecule is C=C=CCCc1ccccc1. The molecule has 1 rings (SSSR count). The second kappa shape index (κ2) is 4.54. The molecule has 0 nitrogen and oxygen atoms in total. The number of aryl methyl sites for hydroxylation is 1. The van der Waals surface area contributed by atoms with Crippen molar-refractivity contribution in [1.82, 2.24) is 0 Å². The van der Waals surface area contributed by atoms with E-state index in [-0.39, 0.29) is 0 Å². The highest BCUT2D eigenvalue weighted by atomic mass is 13.9. The molecular formula is C11H12. The lowest BCUT2D eigenvalue weighted by molar-refractivity contribution is 1.00. The molecule has 0 unspecified atom stereocenters. The zero-order chi connectivity index (χ0) is 7.94. The van der Waals surface area contributed by atoms with Gasteiger partial charge in [-0.25, -0.2) is 0 Å². The minimum absolute atomic E-state index is 1.04. The first-order chi connectivity index (χ1) is 5.43. The number of allylic oxidation sites excluding steroid dienone is 1. The third kappa shape index (κ3) is 2.88. The Hall–Kier alpha value is -1.26. The van der Waals surface area contributed by atoms with Crippen LogP contribution >= 0.6 is 0 Å². The summed E-state index contributed by atoms with van der Waals surface area (Å²) in [6.07, 6.45) is 4.09. The summed E-state index contributed by atoms with van der Waals surface area (Å²) >= 11 is 0. The van der Waals surface area contributed by atoms with Crippen LogP contribution in [0, 0.1) is 0 Å². The van der Waals surface area contributed by atoms with Gasteiger partial charge in [0.2, 0.25) is 0 Å². The maximum atomic E-state index is 3.51. The Morgan fingerprint density at radius 3 is 2.64 bits per heavy atom. The Morgan fingerprint density at radius 2 is 2.00 bits per heavy atom. The van der Waals surface area contributed by atoms with Crippen molar-refractivity contribution in [2.45, 2.75) is 12.8 Å². The van der Waals surface area contributed by atoms with Gasteiger partial charge in [-0.3, -0.25) is 0 Å². The molecule has 0 saturated carbocycles. The number of hydrogen-bond acceptors (Lipinski definition) is 0. The fourth-order valence-corrected chi connectivity index (χ4v) is 0.986. The Balaban J connectivity index is 2.45. The zero-order valence-electron chi connectivity index (χ0n) is 6.59. The van der Waals surface area contributed by atoms with Crippen LogP contribution in [0.4, 0.5) is 0 Å². The molecule has 0 spiro atoms. The van der Waals surface area contributed by atoms with Gasteiger partial charge in [0.25, 0.3) is 0 Å². The smallest absolute Gasteiger partial charge is 0.0234 e. The summed E-state index contributed by atoms with van der Waals surface area (Å²) in [5, 5.41) is 0. The summed E-state index contributed by atoms with van der Waals surface area (Å²) < 4.78 is 0. The van der Waals surface area contributed by atoms with Crippen LogP contribution in [0.25, 0.3) is 0 Å². The standard InChI is InChI=1S/C11H12/c1-2-3-5-8-11-9-6-4-7-10-11/h3-4,6-7,9-10H,1,5,8H2. The fraction of sp³-hybridized carbons (Fsp3) is 0.182. The van der Waals surface area contributed by atoms with E-state index in [0.29, 0.717) is 0 Å². The van der Waals surface area contributed by atoms with Crippen LogP contribution in [0.5, 0.6) is 0 Å². The topological polar surface area (TPSA) is 0 Å². The third-order valence-electron chi connectivity index (χ3n) is 1.56. The van der Waals surface area contributed by atoms with E-state index in [0.717, 1.165) is 12.8 Å². The average molecular weight is 144 g/mol. The predicted molar refractivity (Wildman–Crippen MR) is 48.5 cm³/mol. The minimum Gasteiger partial charge on any atom is -0.133 e. The Bertz CT molecular complexity index is 240. The predicted octanol–water partition coefficient (Wildman–Crippen LogP) is 2.96. The number of rotatable bonds is 3. The molecule has 0 aliphatic rings. The van der Waals surface area contributed by atoms with Crippen LogP contribution in [-0.4, -0.2) is 0 Å². The van der Waals surface area contributed by atoms with Crippen molar-refractivity contribution in [1.29, 1.82) is 0 Å². The van der Waals surface area contributed by atoms with Crippen LogP contribution in [0.1, 0.15) is 12.0 Å². The molecule has 1 aromatic carbocycles. The van der Waals surface area contributed by atoms with Crippen LogP contribution in [0.15, 0.2) is 48.7 Å². The molecule has 0 radical (unpaired) electrons. The van der Waals surface area contributed by atoms with E-state index < -0.39 is 0 Å². The van der Waals surface area contributed by atoms with Crippen LogP contribution < -0.4 is 0 Å². The summed E-state index contributed by atoms with van der Waals surface area (Å²) in [5.74, 6) is 0. The van der Waals surface area contributed by atoms with Crippen LogP contribution in [0.3, 0.4) is 0 Å². The highest BCUT2D eigenvalue weighted by molar-refractivity contribution is 5.15. The molecule has 1 aromatic rings. The lowest BCUT2D eigenvalue weighted by Crippen LogP contribution is -1.80. The second-order valence-corrected chi connectivity index (χ2v) is 2.43. The first kappa shape index (κ1) is 7.84. The molecule has 56 valence electrons. The Morgan fingerprint density at radius 1 is 1.27 bits per heavy atom. The van der Waals surface area contributed by atoms with Crippen molar-refractivity contribution in [3.63, 3.8) is 0 Å².